The standard InChI is InChI=1S/C18H11Cl2N5O3/c19-10-3-1-9(2-4-10)13(8-21)12-6-5-11(7-14(12)20)25-18(28)23-17(27)15(24-25)16(22)26/h1-7,13H,(H2,22,26)(H,23,27,28). The molecule has 0 bridgehead atoms. The summed E-state index contributed by atoms with van der Waals surface area (Å²) in [7, 11) is 0. The van der Waals surface area contributed by atoms with Gasteiger partial charge < -0.3 is 5.73 Å². The lowest BCUT2D eigenvalue weighted by atomic mass is 9.92. The molecule has 140 valence electrons. The maximum Gasteiger partial charge on any atom is 0.349 e. The summed E-state index contributed by atoms with van der Waals surface area (Å²) in [5.41, 5.74) is 4.00. The summed E-state index contributed by atoms with van der Waals surface area (Å²) in [5.74, 6) is -1.75. The quantitative estimate of drug-likeness (QED) is 0.671. The van der Waals surface area contributed by atoms with Crippen LogP contribution in [0.2, 0.25) is 10.0 Å². The van der Waals surface area contributed by atoms with Gasteiger partial charge in [-0.05, 0) is 35.4 Å². The van der Waals surface area contributed by atoms with Crippen LogP contribution in [-0.2, 0) is 0 Å². The van der Waals surface area contributed by atoms with E-state index in [0.29, 0.717) is 16.1 Å². The van der Waals surface area contributed by atoms with Crippen LogP contribution >= 0.6 is 23.2 Å². The number of nitrogens with one attached hydrogen (secondary N) is 1. The van der Waals surface area contributed by atoms with E-state index in [4.69, 9.17) is 28.9 Å². The third kappa shape index (κ3) is 3.67. The average molecular weight is 416 g/mol. The van der Waals surface area contributed by atoms with Gasteiger partial charge in [-0.25, -0.2) is 4.79 Å². The van der Waals surface area contributed by atoms with Gasteiger partial charge in [0, 0.05) is 10.0 Å². The van der Waals surface area contributed by atoms with Crippen molar-refractivity contribution < 1.29 is 4.79 Å². The minimum absolute atomic E-state index is 0.185. The van der Waals surface area contributed by atoms with E-state index >= 15 is 0 Å². The number of aromatic nitrogens is 3. The van der Waals surface area contributed by atoms with Crippen LogP contribution in [0, 0.1) is 11.3 Å². The maximum atomic E-state index is 12.0. The van der Waals surface area contributed by atoms with E-state index in [1.807, 2.05) is 4.98 Å². The molecule has 2 aromatic carbocycles. The first-order chi connectivity index (χ1) is 13.3. The topological polar surface area (TPSA) is 135 Å². The molecule has 0 aliphatic rings. The Bertz CT molecular complexity index is 1230. The molecule has 8 nitrogen and oxygen atoms in total. The van der Waals surface area contributed by atoms with E-state index in [-0.39, 0.29) is 10.7 Å². The van der Waals surface area contributed by atoms with Crippen LogP contribution in [0.3, 0.4) is 0 Å². The molecule has 1 atom stereocenters. The van der Waals surface area contributed by atoms with Crippen molar-refractivity contribution in [3.63, 3.8) is 0 Å². The molecule has 0 saturated carbocycles. The molecule has 0 radical (unpaired) electrons. The van der Waals surface area contributed by atoms with Gasteiger partial charge >= 0.3 is 5.69 Å². The van der Waals surface area contributed by atoms with Gasteiger partial charge in [-0.1, -0.05) is 41.4 Å². The molecule has 10 heteroatoms. The number of aromatic amines is 1. The molecule has 28 heavy (non-hydrogen) atoms. The number of rotatable bonds is 4. The number of carbonyl (C=O) groups is 1. The average Bonchev–Trinajstić information content (AvgIpc) is 2.64. The number of carbonyl (C=O) groups excluding carboxylic acids is 1. The molecule has 1 amide bonds. The lowest BCUT2D eigenvalue weighted by molar-refractivity contribution is 0.0992. The highest BCUT2D eigenvalue weighted by molar-refractivity contribution is 6.31. The van der Waals surface area contributed by atoms with Crippen molar-refractivity contribution in [2.45, 2.75) is 5.92 Å². The summed E-state index contributed by atoms with van der Waals surface area (Å²) in [4.78, 5) is 36.9. The number of hydrogen-bond donors (Lipinski definition) is 2. The lowest BCUT2D eigenvalue weighted by Gasteiger charge is -2.13. The zero-order valence-corrected chi connectivity index (χ0v) is 15.5. The predicted molar refractivity (Wildman–Crippen MR) is 103 cm³/mol. The molecule has 0 fully saturated rings. The number of benzene rings is 2. The van der Waals surface area contributed by atoms with Gasteiger partial charge in [0.1, 0.15) is 0 Å². The van der Waals surface area contributed by atoms with Crippen LogP contribution < -0.4 is 17.0 Å². The Morgan fingerprint density at radius 3 is 2.43 bits per heavy atom. The lowest BCUT2D eigenvalue weighted by Crippen LogP contribution is -2.37. The Kier molecular flexibility index (Phi) is 5.31. The first-order valence-electron chi connectivity index (χ1n) is 7.80. The third-order valence-corrected chi connectivity index (χ3v) is 4.51. The van der Waals surface area contributed by atoms with E-state index in [2.05, 4.69) is 11.2 Å². The molecule has 3 aromatic rings. The van der Waals surface area contributed by atoms with Gasteiger partial charge in [0.15, 0.2) is 0 Å². The Labute approximate surface area is 167 Å². The van der Waals surface area contributed by atoms with Crippen LogP contribution in [0.4, 0.5) is 0 Å². The molecule has 0 aliphatic carbocycles. The summed E-state index contributed by atoms with van der Waals surface area (Å²) >= 11 is 12.2. The van der Waals surface area contributed by atoms with Crippen molar-refractivity contribution >= 4 is 29.1 Å². The first kappa shape index (κ1) is 19.4. The SMILES string of the molecule is N#CC(c1ccc(Cl)cc1)c1ccc(-n2nc(C(N)=O)c(=O)[nH]c2=O)cc1Cl. The monoisotopic (exact) mass is 415 g/mol. The smallest absolute Gasteiger partial charge is 0.349 e. The molecule has 3 N–H and O–H groups in total. The van der Waals surface area contributed by atoms with E-state index in [9.17, 15) is 19.6 Å². The van der Waals surface area contributed by atoms with Crippen molar-refractivity contribution in [3.05, 3.63) is 90.2 Å². The second-order valence-corrected chi connectivity index (χ2v) is 6.55. The second kappa shape index (κ2) is 7.68. The van der Waals surface area contributed by atoms with Crippen molar-refractivity contribution in [1.29, 1.82) is 5.26 Å². The van der Waals surface area contributed by atoms with E-state index < -0.39 is 28.8 Å². The molecule has 1 aromatic heterocycles. The Morgan fingerprint density at radius 2 is 1.86 bits per heavy atom. The van der Waals surface area contributed by atoms with Crippen molar-refractivity contribution in [2.75, 3.05) is 0 Å². The maximum absolute atomic E-state index is 12.0. The Hall–Kier alpha value is -3.41. The van der Waals surface area contributed by atoms with Gasteiger partial charge in [-0.15, -0.1) is 0 Å². The number of hydrogen-bond acceptors (Lipinski definition) is 5. The largest absolute Gasteiger partial charge is 0.364 e. The van der Waals surface area contributed by atoms with Crippen LogP contribution in [0.1, 0.15) is 27.5 Å². The summed E-state index contributed by atoms with van der Waals surface area (Å²) in [6, 6.07) is 13.4. The molecule has 3 rings (SSSR count). The molecule has 0 aliphatic heterocycles. The van der Waals surface area contributed by atoms with Crippen LogP contribution in [0.5, 0.6) is 0 Å². The van der Waals surface area contributed by atoms with Gasteiger partial charge in [0.2, 0.25) is 5.69 Å². The summed E-state index contributed by atoms with van der Waals surface area (Å²) in [5, 5.41) is 14.0. The molecule has 0 saturated heterocycles. The van der Waals surface area contributed by atoms with Gasteiger partial charge in [-0.2, -0.15) is 15.0 Å². The Morgan fingerprint density at radius 1 is 1.18 bits per heavy atom. The predicted octanol–water partition coefficient (Wildman–Crippen LogP) is 1.98. The van der Waals surface area contributed by atoms with Crippen LogP contribution in [-0.4, -0.2) is 20.7 Å². The molecule has 1 unspecified atom stereocenters. The summed E-state index contributed by atoms with van der Waals surface area (Å²) in [6.07, 6.45) is 0. The Balaban J connectivity index is 2.08. The highest BCUT2D eigenvalue weighted by Gasteiger charge is 2.19. The van der Waals surface area contributed by atoms with E-state index in [1.165, 1.54) is 12.1 Å². The number of nitrogens with two attached hydrogens (primary N) is 1. The normalized spacial score (nSPS) is 11.6. The highest BCUT2D eigenvalue weighted by atomic mass is 35.5. The first-order valence-corrected chi connectivity index (χ1v) is 8.55. The van der Waals surface area contributed by atoms with Crippen LogP contribution in [0.25, 0.3) is 5.69 Å². The molecular weight excluding hydrogens is 405 g/mol. The number of amides is 1. The van der Waals surface area contributed by atoms with Crippen molar-refractivity contribution in [1.82, 2.24) is 14.8 Å². The van der Waals surface area contributed by atoms with E-state index in [0.717, 1.165) is 4.68 Å². The van der Waals surface area contributed by atoms with Crippen molar-refractivity contribution in [2.24, 2.45) is 5.73 Å². The second-order valence-electron chi connectivity index (χ2n) is 5.70. The minimum atomic E-state index is -1.08. The van der Waals surface area contributed by atoms with E-state index in [1.54, 1.807) is 30.3 Å². The number of primary amides is 1. The van der Waals surface area contributed by atoms with Crippen LogP contribution in [0.15, 0.2) is 52.1 Å². The number of nitrogens with zero attached hydrogens (tertiary/aromatic N) is 3. The van der Waals surface area contributed by atoms with Gasteiger partial charge in [-0.3, -0.25) is 14.6 Å². The fraction of sp³-hybridized carbons (Fsp3) is 0.0556. The van der Waals surface area contributed by atoms with Crippen molar-refractivity contribution in [3.8, 4) is 11.8 Å². The summed E-state index contributed by atoms with van der Waals surface area (Å²) in [6.45, 7) is 0. The zero-order chi connectivity index (χ0) is 20.4. The fourth-order valence-corrected chi connectivity index (χ4v) is 3.01. The molecule has 0 spiro atoms. The molecular formula is C18H11Cl2N5O3. The number of halogens is 2. The molecule has 1 heterocycles. The minimum Gasteiger partial charge on any atom is -0.364 e. The summed E-state index contributed by atoms with van der Waals surface area (Å²) < 4.78 is 0.792. The third-order valence-electron chi connectivity index (χ3n) is 3.93. The zero-order valence-electron chi connectivity index (χ0n) is 14.0. The fourth-order valence-electron chi connectivity index (χ4n) is 2.60. The highest BCUT2D eigenvalue weighted by Crippen LogP contribution is 2.31. The van der Waals surface area contributed by atoms with Gasteiger partial charge in [0.25, 0.3) is 11.5 Å². The van der Waals surface area contributed by atoms with Gasteiger partial charge in [0.05, 0.1) is 17.7 Å². The number of H-pyrrole nitrogens is 1. The number of nitriles is 1.